The van der Waals surface area contributed by atoms with Crippen molar-refractivity contribution in [2.75, 3.05) is 12.1 Å². The number of methoxy groups -OCH3 is 1. The third-order valence-electron chi connectivity index (χ3n) is 5.10. The van der Waals surface area contributed by atoms with Crippen molar-refractivity contribution < 1.29 is 9.53 Å². The SMILES string of the molecule is COc1cc2c(cc1-c1cccs1)CN(C(C)C)n1cc(C(C)=O)c(=O)cc1-2. The van der Waals surface area contributed by atoms with Crippen molar-refractivity contribution in [3.8, 4) is 27.4 Å². The number of ether oxygens (including phenoxy) is 1. The number of thiophene rings is 1. The first-order valence-corrected chi connectivity index (χ1v) is 10.1. The highest BCUT2D eigenvalue weighted by Crippen LogP contribution is 2.40. The number of fused-ring (bicyclic) bond motifs is 3. The number of rotatable bonds is 4. The minimum Gasteiger partial charge on any atom is -0.496 e. The van der Waals surface area contributed by atoms with Gasteiger partial charge in [-0.25, -0.2) is 0 Å². The lowest BCUT2D eigenvalue weighted by Gasteiger charge is -2.38. The summed E-state index contributed by atoms with van der Waals surface area (Å²) in [5.74, 6) is 0.550. The zero-order valence-electron chi connectivity index (χ0n) is 16.4. The Balaban J connectivity index is 1.99. The second kappa shape index (κ2) is 6.95. The first kappa shape index (κ1) is 18.5. The van der Waals surface area contributed by atoms with Crippen LogP contribution >= 0.6 is 11.3 Å². The molecule has 5 nitrogen and oxygen atoms in total. The fraction of sp³-hybridized carbons (Fsp3) is 0.273. The van der Waals surface area contributed by atoms with Gasteiger partial charge in [-0.1, -0.05) is 6.07 Å². The van der Waals surface area contributed by atoms with Crippen molar-refractivity contribution >= 4 is 17.1 Å². The van der Waals surface area contributed by atoms with Crippen LogP contribution in [-0.2, 0) is 6.54 Å². The third-order valence-corrected chi connectivity index (χ3v) is 6.01. The molecule has 0 saturated carbocycles. The van der Waals surface area contributed by atoms with Crippen LogP contribution in [0.3, 0.4) is 0 Å². The van der Waals surface area contributed by atoms with Gasteiger partial charge in [-0.2, -0.15) is 0 Å². The maximum Gasteiger partial charge on any atom is 0.193 e. The van der Waals surface area contributed by atoms with E-state index in [1.165, 1.54) is 6.92 Å². The van der Waals surface area contributed by atoms with Crippen LogP contribution in [0.5, 0.6) is 5.75 Å². The topological polar surface area (TPSA) is 51.5 Å². The number of hydrogen-bond donors (Lipinski definition) is 0. The van der Waals surface area contributed by atoms with Crippen LogP contribution in [0, 0.1) is 0 Å². The lowest BCUT2D eigenvalue weighted by molar-refractivity contribution is 0.101. The van der Waals surface area contributed by atoms with Crippen LogP contribution in [0.4, 0.5) is 0 Å². The van der Waals surface area contributed by atoms with Crippen LogP contribution in [0.1, 0.15) is 36.7 Å². The van der Waals surface area contributed by atoms with Gasteiger partial charge in [0.25, 0.3) is 0 Å². The summed E-state index contributed by atoms with van der Waals surface area (Å²) < 4.78 is 7.61. The van der Waals surface area contributed by atoms with Crippen LogP contribution in [0.15, 0.2) is 46.7 Å². The van der Waals surface area contributed by atoms with Gasteiger partial charge >= 0.3 is 0 Å². The van der Waals surface area contributed by atoms with Gasteiger partial charge in [0.15, 0.2) is 11.2 Å². The number of benzene rings is 1. The minimum atomic E-state index is -0.253. The zero-order chi connectivity index (χ0) is 20.0. The molecular weight excluding hydrogens is 372 g/mol. The van der Waals surface area contributed by atoms with Gasteiger partial charge in [0.05, 0.1) is 24.9 Å². The summed E-state index contributed by atoms with van der Waals surface area (Å²) in [6.07, 6.45) is 1.67. The molecular formula is C22H22N2O3S. The summed E-state index contributed by atoms with van der Waals surface area (Å²) in [5, 5.41) is 4.21. The lowest BCUT2D eigenvalue weighted by atomic mass is 9.96. The molecule has 1 aromatic carbocycles. The average molecular weight is 394 g/mol. The van der Waals surface area contributed by atoms with Crippen molar-refractivity contribution in [1.29, 1.82) is 0 Å². The van der Waals surface area contributed by atoms with Gasteiger partial charge in [-0.05, 0) is 49.9 Å². The maximum atomic E-state index is 12.5. The molecule has 0 N–H and O–H groups in total. The fourth-order valence-corrected chi connectivity index (χ4v) is 4.42. The molecule has 0 atom stereocenters. The van der Waals surface area contributed by atoms with Crippen molar-refractivity contribution in [3.63, 3.8) is 0 Å². The molecule has 0 fully saturated rings. The summed E-state index contributed by atoms with van der Waals surface area (Å²) >= 11 is 1.67. The number of aromatic nitrogens is 1. The van der Waals surface area contributed by atoms with Gasteiger partial charge in [0.1, 0.15) is 5.75 Å². The van der Waals surface area contributed by atoms with E-state index in [9.17, 15) is 9.59 Å². The summed E-state index contributed by atoms with van der Waals surface area (Å²) in [6.45, 7) is 6.31. The molecule has 2 aromatic heterocycles. The second-order valence-electron chi connectivity index (χ2n) is 7.22. The lowest BCUT2D eigenvalue weighted by Crippen LogP contribution is -2.44. The zero-order valence-corrected chi connectivity index (χ0v) is 17.2. The monoisotopic (exact) mass is 394 g/mol. The quantitative estimate of drug-likeness (QED) is 0.619. The third kappa shape index (κ3) is 2.94. The molecule has 1 aliphatic rings. The summed E-state index contributed by atoms with van der Waals surface area (Å²) in [4.78, 5) is 25.6. The van der Waals surface area contributed by atoms with E-state index in [0.29, 0.717) is 6.54 Å². The molecule has 0 spiro atoms. The van der Waals surface area contributed by atoms with Gasteiger partial charge in [-0.3, -0.25) is 14.3 Å². The van der Waals surface area contributed by atoms with E-state index in [4.69, 9.17) is 4.74 Å². The van der Waals surface area contributed by atoms with E-state index in [1.807, 2.05) is 22.2 Å². The molecule has 0 unspecified atom stereocenters. The molecule has 144 valence electrons. The van der Waals surface area contributed by atoms with Gasteiger partial charge < -0.3 is 9.75 Å². The molecule has 3 heterocycles. The minimum absolute atomic E-state index is 0.196. The Morgan fingerprint density at radius 2 is 2.00 bits per heavy atom. The summed E-state index contributed by atoms with van der Waals surface area (Å²) in [5.41, 5.74) is 3.88. The predicted molar refractivity (Wildman–Crippen MR) is 113 cm³/mol. The average Bonchev–Trinajstić information content (AvgIpc) is 3.20. The fourth-order valence-electron chi connectivity index (χ4n) is 3.67. The first-order valence-electron chi connectivity index (χ1n) is 9.20. The second-order valence-corrected chi connectivity index (χ2v) is 8.16. The Kier molecular flexibility index (Phi) is 4.59. The number of ketones is 1. The number of pyridine rings is 1. The van der Waals surface area contributed by atoms with Crippen LogP contribution < -0.4 is 15.2 Å². The number of nitrogens with zero attached hydrogens (tertiary/aromatic N) is 2. The van der Waals surface area contributed by atoms with Crippen molar-refractivity contribution in [2.24, 2.45) is 0 Å². The molecule has 0 saturated heterocycles. The molecule has 0 amide bonds. The highest BCUT2D eigenvalue weighted by Gasteiger charge is 2.26. The van der Waals surface area contributed by atoms with E-state index in [1.54, 1.807) is 30.7 Å². The number of hydrogen-bond acceptors (Lipinski definition) is 5. The number of carbonyl (C=O) groups excluding carboxylic acids is 1. The summed E-state index contributed by atoms with van der Waals surface area (Å²) in [7, 11) is 1.66. The summed E-state index contributed by atoms with van der Waals surface area (Å²) in [6, 6.07) is 10.0. The van der Waals surface area contributed by atoms with Crippen molar-refractivity contribution in [2.45, 2.75) is 33.4 Å². The standard InChI is InChI=1S/C22H22N2O3S/c1-13(2)23-11-15-8-17(22-6-5-7-28-22)21(27-4)9-16(15)19-10-20(26)18(14(3)25)12-24(19)23/h5-10,12-13H,11H2,1-4H3. The van der Waals surface area contributed by atoms with Crippen molar-refractivity contribution in [1.82, 2.24) is 4.68 Å². The van der Waals surface area contributed by atoms with Crippen LogP contribution in [-0.4, -0.2) is 23.6 Å². The Hall–Kier alpha value is -2.86. The van der Waals surface area contributed by atoms with E-state index >= 15 is 0 Å². The predicted octanol–water partition coefficient (Wildman–Crippen LogP) is 4.32. The maximum absolute atomic E-state index is 12.5. The Labute approximate surface area is 167 Å². The molecule has 1 aliphatic heterocycles. The van der Waals surface area contributed by atoms with Gasteiger partial charge in [0, 0.05) is 34.3 Å². The Morgan fingerprint density at radius 3 is 2.61 bits per heavy atom. The van der Waals surface area contributed by atoms with E-state index in [0.717, 1.165) is 33.0 Å². The molecule has 0 aliphatic carbocycles. The Bertz CT molecular complexity index is 1110. The van der Waals surface area contributed by atoms with E-state index in [2.05, 4.69) is 31.0 Å². The van der Waals surface area contributed by atoms with Crippen LogP contribution in [0.25, 0.3) is 21.7 Å². The highest BCUT2D eigenvalue weighted by atomic mass is 32.1. The first-order chi connectivity index (χ1) is 13.4. The van der Waals surface area contributed by atoms with Gasteiger partial charge in [0.2, 0.25) is 0 Å². The normalized spacial score (nSPS) is 12.7. The number of carbonyl (C=O) groups is 1. The van der Waals surface area contributed by atoms with Crippen molar-refractivity contribution in [3.05, 3.63) is 63.3 Å². The number of Topliss-reactive ketones (excluding diaryl/α,β-unsaturated/α-hetero) is 1. The smallest absolute Gasteiger partial charge is 0.193 e. The molecule has 28 heavy (non-hydrogen) atoms. The largest absolute Gasteiger partial charge is 0.496 e. The molecule has 3 aromatic rings. The Morgan fingerprint density at radius 1 is 1.21 bits per heavy atom. The van der Waals surface area contributed by atoms with E-state index in [-0.39, 0.29) is 22.8 Å². The molecule has 4 rings (SSSR count). The molecule has 6 heteroatoms. The van der Waals surface area contributed by atoms with E-state index < -0.39 is 0 Å². The molecule has 0 radical (unpaired) electrons. The molecule has 0 bridgehead atoms. The van der Waals surface area contributed by atoms with Gasteiger partial charge in [-0.15, -0.1) is 11.3 Å². The highest BCUT2D eigenvalue weighted by molar-refractivity contribution is 7.13. The van der Waals surface area contributed by atoms with Crippen LogP contribution in [0.2, 0.25) is 0 Å².